The molecule has 2 rings (SSSR count). The molecule has 1 heterocycles. The number of hydrogen-bond donors (Lipinski definition) is 1. The van der Waals surface area contributed by atoms with Crippen LogP contribution in [0.5, 0.6) is 0 Å². The zero-order valence-corrected chi connectivity index (χ0v) is 10.5. The van der Waals surface area contributed by atoms with Crippen LogP contribution in [0.1, 0.15) is 17.5 Å². The van der Waals surface area contributed by atoms with E-state index in [1.54, 1.807) is 13.1 Å². The number of hydrogen-bond acceptors (Lipinski definition) is 3. The molecule has 0 fully saturated rings. The van der Waals surface area contributed by atoms with E-state index in [-0.39, 0.29) is 0 Å². The molecule has 0 amide bonds. The quantitative estimate of drug-likeness (QED) is 0.919. The third kappa shape index (κ3) is 2.12. The van der Waals surface area contributed by atoms with E-state index in [2.05, 4.69) is 20.9 Å². The Morgan fingerprint density at radius 1 is 1.47 bits per heavy atom. The summed E-state index contributed by atoms with van der Waals surface area (Å²) >= 11 is 4.84. The minimum atomic E-state index is -1.02. The van der Waals surface area contributed by atoms with Crippen LogP contribution in [0.2, 0.25) is 0 Å². The van der Waals surface area contributed by atoms with E-state index in [0.29, 0.717) is 5.01 Å². The molecule has 0 saturated carbocycles. The highest BCUT2D eigenvalue weighted by Gasteiger charge is 2.28. The van der Waals surface area contributed by atoms with Crippen LogP contribution in [0, 0.1) is 0 Å². The Hall–Kier alpha value is -0.710. The summed E-state index contributed by atoms with van der Waals surface area (Å²) in [6.07, 6.45) is 1.70. The first-order valence-corrected chi connectivity index (χ1v) is 6.16. The summed E-state index contributed by atoms with van der Waals surface area (Å²) in [5, 5.41) is 13.0. The van der Waals surface area contributed by atoms with Crippen LogP contribution >= 0.6 is 27.3 Å². The predicted octanol–water partition coefficient (Wildman–Crippen LogP) is 3.16. The maximum Gasteiger partial charge on any atom is 0.138 e. The van der Waals surface area contributed by atoms with Gasteiger partial charge in [-0.05, 0) is 24.6 Å². The first kappa shape index (κ1) is 10.8. The Labute approximate surface area is 101 Å². The van der Waals surface area contributed by atoms with Crippen molar-refractivity contribution in [3.63, 3.8) is 0 Å². The molecule has 0 aliphatic carbocycles. The van der Waals surface area contributed by atoms with E-state index >= 15 is 0 Å². The second-order valence-electron chi connectivity index (χ2n) is 3.42. The fourth-order valence-electron chi connectivity index (χ4n) is 1.38. The minimum absolute atomic E-state index is 0.709. The van der Waals surface area contributed by atoms with Crippen molar-refractivity contribution in [2.75, 3.05) is 0 Å². The third-order valence-corrected chi connectivity index (χ3v) is 3.71. The van der Waals surface area contributed by atoms with Gasteiger partial charge in [-0.2, -0.15) is 0 Å². The van der Waals surface area contributed by atoms with Gasteiger partial charge in [-0.25, -0.2) is 4.98 Å². The van der Waals surface area contributed by atoms with Gasteiger partial charge >= 0.3 is 0 Å². The molecule has 1 aromatic heterocycles. The van der Waals surface area contributed by atoms with Crippen molar-refractivity contribution >= 4 is 27.3 Å². The summed E-state index contributed by atoms with van der Waals surface area (Å²) in [7, 11) is 0. The Bertz CT molecular complexity index is 453. The van der Waals surface area contributed by atoms with Gasteiger partial charge < -0.3 is 5.11 Å². The van der Waals surface area contributed by atoms with Crippen LogP contribution in [0.15, 0.2) is 40.3 Å². The molecule has 1 N–H and O–H groups in total. The lowest BCUT2D eigenvalue weighted by Gasteiger charge is -2.21. The van der Waals surface area contributed by atoms with Gasteiger partial charge in [0.05, 0.1) is 0 Å². The number of rotatable bonds is 2. The summed E-state index contributed by atoms with van der Waals surface area (Å²) in [4.78, 5) is 4.15. The van der Waals surface area contributed by atoms with Crippen molar-refractivity contribution in [3.8, 4) is 0 Å². The fourth-order valence-corrected chi connectivity index (χ4v) is 2.50. The van der Waals surface area contributed by atoms with Gasteiger partial charge in [0.2, 0.25) is 0 Å². The maximum absolute atomic E-state index is 10.4. The van der Waals surface area contributed by atoms with Gasteiger partial charge in [-0.15, -0.1) is 11.3 Å². The van der Waals surface area contributed by atoms with Crippen LogP contribution < -0.4 is 0 Å². The molecule has 1 atom stereocenters. The highest BCUT2D eigenvalue weighted by Crippen LogP contribution is 2.31. The topological polar surface area (TPSA) is 33.1 Å². The van der Waals surface area contributed by atoms with Crippen molar-refractivity contribution in [1.29, 1.82) is 0 Å². The minimum Gasteiger partial charge on any atom is -0.378 e. The lowest BCUT2D eigenvalue weighted by Crippen LogP contribution is -2.22. The molecule has 1 unspecified atom stereocenters. The standard InChI is InChI=1S/C11H10BrNOS/c1-11(14,10-13-5-6-15-10)8-3-2-4-9(12)7-8/h2-7,14H,1H3. The monoisotopic (exact) mass is 283 g/mol. The second kappa shape index (κ2) is 4.04. The summed E-state index contributed by atoms with van der Waals surface area (Å²) in [6, 6.07) is 7.64. The fraction of sp³-hybridized carbons (Fsp3) is 0.182. The molecular weight excluding hydrogens is 274 g/mol. The Morgan fingerprint density at radius 3 is 2.87 bits per heavy atom. The summed E-state index contributed by atoms with van der Waals surface area (Å²) in [5.74, 6) is 0. The average Bonchev–Trinajstić information content (AvgIpc) is 2.71. The molecular formula is C11H10BrNOS. The maximum atomic E-state index is 10.4. The normalized spacial score (nSPS) is 14.9. The van der Waals surface area contributed by atoms with E-state index in [4.69, 9.17) is 0 Å². The van der Waals surface area contributed by atoms with Gasteiger partial charge in [0.1, 0.15) is 10.6 Å². The molecule has 0 bridgehead atoms. The van der Waals surface area contributed by atoms with Crippen molar-refractivity contribution in [2.24, 2.45) is 0 Å². The molecule has 0 radical (unpaired) electrons. The molecule has 15 heavy (non-hydrogen) atoms. The first-order valence-electron chi connectivity index (χ1n) is 4.49. The van der Waals surface area contributed by atoms with Crippen LogP contribution in [0.4, 0.5) is 0 Å². The lowest BCUT2D eigenvalue weighted by atomic mass is 9.97. The van der Waals surface area contributed by atoms with E-state index in [9.17, 15) is 5.11 Å². The van der Waals surface area contributed by atoms with Gasteiger partial charge in [0.25, 0.3) is 0 Å². The summed E-state index contributed by atoms with van der Waals surface area (Å²) in [6.45, 7) is 1.76. The van der Waals surface area contributed by atoms with Crippen LogP contribution in [0.25, 0.3) is 0 Å². The lowest BCUT2D eigenvalue weighted by molar-refractivity contribution is 0.102. The molecule has 2 aromatic rings. The molecule has 0 spiro atoms. The third-order valence-electron chi connectivity index (χ3n) is 2.24. The number of aromatic nitrogens is 1. The largest absolute Gasteiger partial charge is 0.378 e. The molecule has 2 nitrogen and oxygen atoms in total. The summed E-state index contributed by atoms with van der Waals surface area (Å²) in [5.41, 5.74) is -0.176. The molecule has 0 aliphatic heterocycles. The van der Waals surface area contributed by atoms with Gasteiger partial charge in [-0.3, -0.25) is 0 Å². The second-order valence-corrected chi connectivity index (χ2v) is 5.23. The predicted molar refractivity (Wildman–Crippen MR) is 64.9 cm³/mol. The van der Waals surface area contributed by atoms with Gasteiger partial charge in [0, 0.05) is 16.0 Å². The zero-order valence-electron chi connectivity index (χ0n) is 8.14. The van der Waals surface area contributed by atoms with Crippen LogP contribution in [-0.4, -0.2) is 10.1 Å². The molecule has 0 saturated heterocycles. The first-order chi connectivity index (χ1) is 7.10. The molecule has 0 aliphatic rings. The zero-order chi connectivity index (χ0) is 10.9. The Kier molecular flexibility index (Phi) is 2.91. The van der Waals surface area contributed by atoms with Gasteiger partial charge in [0.15, 0.2) is 0 Å². The highest BCUT2D eigenvalue weighted by molar-refractivity contribution is 9.10. The Morgan fingerprint density at radius 2 is 2.27 bits per heavy atom. The highest BCUT2D eigenvalue weighted by atomic mass is 79.9. The van der Waals surface area contributed by atoms with E-state index in [1.165, 1.54) is 11.3 Å². The SMILES string of the molecule is CC(O)(c1cccc(Br)c1)c1nccs1. The van der Waals surface area contributed by atoms with Crippen LogP contribution in [0.3, 0.4) is 0 Å². The van der Waals surface area contributed by atoms with Gasteiger partial charge in [-0.1, -0.05) is 28.1 Å². The van der Waals surface area contributed by atoms with Crippen molar-refractivity contribution in [3.05, 3.63) is 50.9 Å². The number of halogens is 1. The number of thiazole rings is 1. The van der Waals surface area contributed by atoms with E-state index in [0.717, 1.165) is 10.0 Å². The Balaban J connectivity index is 2.46. The number of aliphatic hydroxyl groups is 1. The number of nitrogens with zero attached hydrogens (tertiary/aromatic N) is 1. The van der Waals surface area contributed by atoms with Crippen molar-refractivity contribution < 1.29 is 5.11 Å². The van der Waals surface area contributed by atoms with E-state index in [1.807, 2.05) is 29.6 Å². The molecule has 78 valence electrons. The van der Waals surface area contributed by atoms with E-state index < -0.39 is 5.60 Å². The molecule has 4 heteroatoms. The van der Waals surface area contributed by atoms with Crippen molar-refractivity contribution in [2.45, 2.75) is 12.5 Å². The number of benzene rings is 1. The summed E-state index contributed by atoms with van der Waals surface area (Å²) < 4.78 is 0.955. The smallest absolute Gasteiger partial charge is 0.138 e. The van der Waals surface area contributed by atoms with Crippen LogP contribution in [-0.2, 0) is 5.60 Å². The van der Waals surface area contributed by atoms with Crippen molar-refractivity contribution in [1.82, 2.24) is 4.98 Å². The average molecular weight is 284 g/mol. The molecule has 1 aromatic carbocycles.